The minimum absolute atomic E-state index is 0.00712. The lowest BCUT2D eigenvalue weighted by Crippen LogP contribution is -2.50. The van der Waals surface area contributed by atoms with Crippen molar-refractivity contribution in [2.75, 3.05) is 26.7 Å². The van der Waals surface area contributed by atoms with Gasteiger partial charge in [0.25, 0.3) is 0 Å². The van der Waals surface area contributed by atoms with Gasteiger partial charge in [-0.15, -0.1) is 0 Å². The van der Waals surface area contributed by atoms with Crippen LogP contribution in [0.3, 0.4) is 0 Å². The molecule has 0 bridgehead atoms. The van der Waals surface area contributed by atoms with Gasteiger partial charge in [0.15, 0.2) is 0 Å². The molecule has 3 aromatic rings. The molecule has 0 aliphatic carbocycles. The Balaban J connectivity index is 1.48. The van der Waals surface area contributed by atoms with Crippen LogP contribution in [-0.4, -0.2) is 47.6 Å². The Labute approximate surface area is 199 Å². The summed E-state index contributed by atoms with van der Waals surface area (Å²) in [7, 11) is 2.08. The van der Waals surface area contributed by atoms with Crippen molar-refractivity contribution in [3.63, 3.8) is 0 Å². The van der Waals surface area contributed by atoms with Crippen LogP contribution in [0.2, 0.25) is 5.02 Å². The fourth-order valence-electron chi connectivity index (χ4n) is 5.85. The molecule has 1 N–H and O–H groups in total. The van der Waals surface area contributed by atoms with Gasteiger partial charge >= 0.3 is 5.63 Å². The second-order valence-corrected chi connectivity index (χ2v) is 10.0. The van der Waals surface area contributed by atoms with Crippen LogP contribution in [0.15, 0.2) is 51.7 Å². The number of fused-ring (bicyclic) bond motifs is 2. The van der Waals surface area contributed by atoms with E-state index in [2.05, 4.69) is 16.8 Å². The van der Waals surface area contributed by atoms with Gasteiger partial charge in [-0.1, -0.05) is 48.4 Å². The van der Waals surface area contributed by atoms with E-state index >= 15 is 0 Å². The largest absolute Gasteiger partial charge is 0.506 e. The van der Waals surface area contributed by atoms with E-state index < -0.39 is 5.63 Å². The number of rotatable bonds is 5. The Morgan fingerprint density at radius 3 is 2.73 bits per heavy atom. The quantitative estimate of drug-likeness (QED) is 0.502. The summed E-state index contributed by atoms with van der Waals surface area (Å²) in [6, 6.07) is 13.6. The predicted molar refractivity (Wildman–Crippen MR) is 133 cm³/mol. The first kappa shape index (κ1) is 22.5. The molecule has 3 heterocycles. The van der Waals surface area contributed by atoms with Crippen LogP contribution in [-0.2, 0) is 6.54 Å². The van der Waals surface area contributed by atoms with Crippen molar-refractivity contribution in [1.29, 1.82) is 0 Å². The van der Waals surface area contributed by atoms with Crippen LogP contribution >= 0.6 is 11.6 Å². The third kappa shape index (κ3) is 4.54. The Hall–Kier alpha value is -2.34. The Kier molecular flexibility index (Phi) is 6.46. The van der Waals surface area contributed by atoms with Gasteiger partial charge in [0.05, 0.1) is 10.6 Å². The molecule has 5 nitrogen and oxygen atoms in total. The number of hydrogen-bond acceptors (Lipinski definition) is 5. The average molecular weight is 467 g/mol. The second kappa shape index (κ2) is 9.49. The molecule has 0 radical (unpaired) electrons. The highest BCUT2D eigenvalue weighted by Crippen LogP contribution is 2.39. The van der Waals surface area contributed by atoms with Crippen molar-refractivity contribution in [1.82, 2.24) is 9.80 Å². The van der Waals surface area contributed by atoms with E-state index in [0.717, 1.165) is 23.1 Å². The van der Waals surface area contributed by atoms with Gasteiger partial charge in [0.2, 0.25) is 0 Å². The number of aromatic hydroxyl groups is 1. The summed E-state index contributed by atoms with van der Waals surface area (Å²) in [5, 5.41) is 11.9. The van der Waals surface area contributed by atoms with Crippen molar-refractivity contribution in [2.45, 2.75) is 44.7 Å². The summed E-state index contributed by atoms with van der Waals surface area (Å²) < 4.78 is 5.66. The Morgan fingerprint density at radius 2 is 1.91 bits per heavy atom. The van der Waals surface area contributed by atoms with Crippen LogP contribution < -0.4 is 5.63 Å². The first-order valence-electron chi connectivity index (χ1n) is 12.0. The van der Waals surface area contributed by atoms with Crippen LogP contribution in [0.25, 0.3) is 22.1 Å². The minimum Gasteiger partial charge on any atom is -0.506 e. The molecule has 6 heteroatoms. The first-order chi connectivity index (χ1) is 16.0. The molecule has 0 saturated carbocycles. The summed E-state index contributed by atoms with van der Waals surface area (Å²) >= 11 is 6.46. The maximum absolute atomic E-state index is 12.5. The highest BCUT2D eigenvalue weighted by atomic mass is 35.5. The zero-order chi connectivity index (χ0) is 22.9. The average Bonchev–Trinajstić information content (AvgIpc) is 2.83. The molecule has 2 aliphatic rings. The van der Waals surface area contributed by atoms with Gasteiger partial charge in [0.1, 0.15) is 11.3 Å². The van der Waals surface area contributed by atoms with Gasteiger partial charge in [0, 0.05) is 30.6 Å². The minimum atomic E-state index is -0.433. The summed E-state index contributed by atoms with van der Waals surface area (Å²) in [4.78, 5) is 17.4. The number of benzene rings is 2. The van der Waals surface area contributed by atoms with E-state index in [4.69, 9.17) is 16.0 Å². The Morgan fingerprint density at radius 1 is 1.12 bits per heavy atom. The lowest BCUT2D eigenvalue weighted by molar-refractivity contribution is 0.0434. The normalized spacial score (nSPS) is 21.4. The maximum atomic E-state index is 12.5. The summed E-state index contributed by atoms with van der Waals surface area (Å²) in [6.07, 6.45) is 6.38. The maximum Gasteiger partial charge on any atom is 0.336 e. The molecule has 2 aromatic carbocycles. The van der Waals surface area contributed by atoms with Gasteiger partial charge in [-0.05, 0) is 68.9 Å². The lowest BCUT2D eigenvalue weighted by Gasteiger charge is -2.45. The molecule has 33 heavy (non-hydrogen) atoms. The van der Waals surface area contributed by atoms with Gasteiger partial charge in [-0.3, -0.25) is 0 Å². The molecule has 0 spiro atoms. The number of halogens is 1. The van der Waals surface area contributed by atoms with E-state index in [9.17, 15) is 9.90 Å². The first-order valence-corrected chi connectivity index (χ1v) is 12.4. The molecule has 174 valence electrons. The second-order valence-electron chi connectivity index (χ2n) is 9.61. The summed E-state index contributed by atoms with van der Waals surface area (Å²) in [6.45, 7) is 3.85. The van der Waals surface area contributed by atoms with Crippen molar-refractivity contribution in [3.8, 4) is 16.9 Å². The fourth-order valence-corrected chi connectivity index (χ4v) is 6.07. The number of nitrogens with zero attached hydrogens (tertiary/aromatic N) is 2. The van der Waals surface area contributed by atoms with Crippen LogP contribution in [0.4, 0.5) is 0 Å². The molecular formula is C27H31ClN2O3. The van der Waals surface area contributed by atoms with Crippen molar-refractivity contribution in [2.24, 2.45) is 5.92 Å². The molecule has 2 atom stereocenters. The number of piperidine rings is 2. The SMILES string of the molecule is CN(Cc1c(O)c(Cl)cc2c(-c3ccccc3)cc(=O)oc12)C[C@@H]1CCCN2CCCC[C@H]12. The standard InChI is InChI=1S/C27H31ClN2O3/c1-29(16-19-10-7-13-30-12-6-5-11-24(19)30)17-22-26(32)23(28)14-21-20(15-25(31)33-27(21)22)18-8-3-2-4-9-18/h2-4,8-9,14-15,19,24,32H,5-7,10-13,16-17H2,1H3/t19-,24+/m0/s1. The van der Waals surface area contributed by atoms with Crippen molar-refractivity contribution in [3.05, 3.63) is 63.5 Å². The molecular weight excluding hydrogens is 436 g/mol. The number of phenolic OH excluding ortho intramolecular Hbond substituents is 1. The number of hydrogen-bond donors (Lipinski definition) is 1. The van der Waals surface area contributed by atoms with Gasteiger partial charge < -0.3 is 19.3 Å². The summed E-state index contributed by atoms with van der Waals surface area (Å²) in [5.74, 6) is 0.607. The molecule has 2 fully saturated rings. The van der Waals surface area contributed by atoms with Gasteiger partial charge in [-0.2, -0.15) is 0 Å². The van der Waals surface area contributed by atoms with Crippen molar-refractivity contribution < 1.29 is 9.52 Å². The zero-order valence-electron chi connectivity index (χ0n) is 19.1. The molecule has 1 aromatic heterocycles. The van der Waals surface area contributed by atoms with Gasteiger partial charge in [-0.25, -0.2) is 4.79 Å². The molecule has 2 aliphatic heterocycles. The lowest BCUT2D eigenvalue weighted by atomic mass is 9.83. The predicted octanol–water partition coefficient (Wildman–Crippen LogP) is 5.52. The van der Waals surface area contributed by atoms with E-state index in [1.807, 2.05) is 30.3 Å². The van der Waals surface area contributed by atoms with E-state index in [1.165, 1.54) is 51.3 Å². The van der Waals surface area contributed by atoms with Crippen LogP contribution in [0, 0.1) is 5.92 Å². The molecule has 5 rings (SSSR count). The molecule has 0 unspecified atom stereocenters. The molecule has 0 amide bonds. The van der Waals surface area contributed by atoms with Crippen LogP contribution in [0.5, 0.6) is 5.75 Å². The third-order valence-electron chi connectivity index (χ3n) is 7.34. The number of phenols is 1. The zero-order valence-corrected chi connectivity index (χ0v) is 19.9. The highest BCUT2D eigenvalue weighted by Gasteiger charge is 2.33. The van der Waals surface area contributed by atoms with E-state index in [1.54, 1.807) is 6.07 Å². The van der Waals surface area contributed by atoms with Crippen LogP contribution in [0.1, 0.15) is 37.7 Å². The topological polar surface area (TPSA) is 56.9 Å². The van der Waals surface area contributed by atoms with E-state index in [-0.39, 0.29) is 10.8 Å². The van der Waals surface area contributed by atoms with Crippen molar-refractivity contribution >= 4 is 22.6 Å². The molecule has 2 saturated heterocycles. The highest BCUT2D eigenvalue weighted by molar-refractivity contribution is 6.33. The summed E-state index contributed by atoms with van der Waals surface area (Å²) in [5.41, 5.74) is 2.23. The smallest absolute Gasteiger partial charge is 0.336 e. The van der Waals surface area contributed by atoms with E-state index in [0.29, 0.717) is 29.7 Å². The fraction of sp³-hybridized carbons (Fsp3) is 0.444. The Bertz CT molecular complexity index is 1190. The monoisotopic (exact) mass is 466 g/mol. The third-order valence-corrected chi connectivity index (χ3v) is 7.63.